The molecule has 0 saturated carbocycles. The number of para-hydroxylation sites is 2. The normalized spacial score (nSPS) is 20.2. The van der Waals surface area contributed by atoms with E-state index in [1.807, 2.05) is 0 Å². The molecule has 2 heteroatoms. The second kappa shape index (κ2) is 4.64. The number of nitrogens with zero attached hydrogens (tertiary/aromatic N) is 1. The van der Waals surface area contributed by atoms with Crippen LogP contribution in [0.5, 0.6) is 11.5 Å². The van der Waals surface area contributed by atoms with E-state index in [-0.39, 0.29) is 0 Å². The smallest absolute Gasteiger partial charge is 0.131 e. The Morgan fingerprint density at radius 1 is 0.818 bits per heavy atom. The van der Waals surface area contributed by atoms with Crippen molar-refractivity contribution in [3.05, 3.63) is 71.4 Å². The molecule has 22 heavy (non-hydrogen) atoms. The highest BCUT2D eigenvalue weighted by Crippen LogP contribution is 2.51. The van der Waals surface area contributed by atoms with Crippen LogP contribution in [-0.4, -0.2) is 18.0 Å². The maximum atomic E-state index is 6.14. The van der Waals surface area contributed by atoms with Gasteiger partial charge < -0.3 is 9.64 Å². The molecule has 1 fully saturated rings. The van der Waals surface area contributed by atoms with E-state index in [1.54, 1.807) is 5.57 Å². The molecule has 1 saturated heterocycles. The molecular formula is C20H19NO. The molecule has 0 unspecified atom stereocenters. The van der Waals surface area contributed by atoms with Crippen LogP contribution in [0.3, 0.4) is 0 Å². The Hall–Kier alpha value is -2.22. The summed E-state index contributed by atoms with van der Waals surface area (Å²) in [5, 5.41) is 0. The van der Waals surface area contributed by atoms with E-state index < -0.39 is 0 Å². The van der Waals surface area contributed by atoms with Crippen LogP contribution in [0.4, 0.5) is 0 Å². The number of rotatable bonds is 1. The maximum absolute atomic E-state index is 6.14. The topological polar surface area (TPSA) is 12.5 Å². The van der Waals surface area contributed by atoms with Crippen molar-refractivity contribution in [2.75, 3.05) is 13.1 Å². The van der Waals surface area contributed by atoms with E-state index in [1.165, 1.54) is 37.1 Å². The molecule has 0 atom stereocenters. The third-order valence-corrected chi connectivity index (χ3v) is 5.35. The van der Waals surface area contributed by atoms with Crippen molar-refractivity contribution in [3.8, 4) is 11.5 Å². The molecule has 2 aromatic carbocycles. The molecule has 0 N–H and O–H groups in total. The van der Waals surface area contributed by atoms with Gasteiger partial charge in [-0.05, 0) is 42.7 Å². The van der Waals surface area contributed by atoms with Gasteiger partial charge in [-0.15, -0.1) is 0 Å². The molecule has 6 rings (SSSR count). The lowest BCUT2D eigenvalue weighted by molar-refractivity contribution is 0.223. The predicted molar refractivity (Wildman–Crippen MR) is 87.2 cm³/mol. The summed E-state index contributed by atoms with van der Waals surface area (Å²) in [7, 11) is 0. The van der Waals surface area contributed by atoms with Crippen molar-refractivity contribution in [2.24, 2.45) is 5.92 Å². The summed E-state index contributed by atoms with van der Waals surface area (Å²) >= 11 is 0. The first-order valence-corrected chi connectivity index (χ1v) is 8.21. The number of fused-ring (bicyclic) bond motifs is 4. The quantitative estimate of drug-likeness (QED) is 0.764. The fourth-order valence-corrected chi connectivity index (χ4v) is 4.26. The molecule has 0 amide bonds. The van der Waals surface area contributed by atoms with Crippen molar-refractivity contribution < 1.29 is 4.74 Å². The van der Waals surface area contributed by atoms with Crippen LogP contribution >= 0.6 is 0 Å². The summed E-state index contributed by atoms with van der Waals surface area (Å²) in [5.41, 5.74) is 4.23. The van der Waals surface area contributed by atoms with Gasteiger partial charge in [-0.1, -0.05) is 36.4 Å². The summed E-state index contributed by atoms with van der Waals surface area (Å²) < 4.78 is 6.14. The molecule has 0 aromatic heterocycles. The number of piperidine rings is 1. The van der Waals surface area contributed by atoms with Gasteiger partial charge in [-0.2, -0.15) is 0 Å². The highest BCUT2D eigenvalue weighted by Gasteiger charge is 2.37. The molecule has 2 bridgehead atoms. The van der Waals surface area contributed by atoms with Crippen molar-refractivity contribution in [1.82, 2.24) is 4.90 Å². The van der Waals surface area contributed by atoms with Crippen LogP contribution in [0, 0.1) is 5.92 Å². The molecule has 2 nitrogen and oxygen atoms in total. The molecule has 4 aliphatic heterocycles. The van der Waals surface area contributed by atoms with Crippen LogP contribution in [-0.2, 0) is 0 Å². The van der Waals surface area contributed by atoms with E-state index in [9.17, 15) is 0 Å². The highest BCUT2D eigenvalue weighted by molar-refractivity contribution is 5.57. The van der Waals surface area contributed by atoms with Crippen LogP contribution < -0.4 is 4.74 Å². The maximum Gasteiger partial charge on any atom is 0.131 e. The van der Waals surface area contributed by atoms with Gasteiger partial charge >= 0.3 is 0 Å². The van der Waals surface area contributed by atoms with Gasteiger partial charge in [-0.3, -0.25) is 0 Å². The monoisotopic (exact) mass is 289 g/mol. The minimum Gasteiger partial charge on any atom is -0.457 e. The number of benzene rings is 2. The molecule has 0 aliphatic carbocycles. The van der Waals surface area contributed by atoms with E-state index in [4.69, 9.17) is 4.74 Å². The van der Waals surface area contributed by atoms with Crippen molar-refractivity contribution in [1.29, 1.82) is 0 Å². The van der Waals surface area contributed by atoms with Gasteiger partial charge in [0.25, 0.3) is 0 Å². The average molecular weight is 289 g/mol. The fraction of sp³-hybridized carbons (Fsp3) is 0.300. The van der Waals surface area contributed by atoms with Gasteiger partial charge in [0.15, 0.2) is 0 Å². The van der Waals surface area contributed by atoms with Gasteiger partial charge in [0.05, 0.1) is 0 Å². The summed E-state index contributed by atoms with van der Waals surface area (Å²) in [6, 6.07) is 17.0. The van der Waals surface area contributed by atoms with Crippen LogP contribution in [0.25, 0.3) is 0 Å². The molecule has 110 valence electrons. The Morgan fingerprint density at radius 3 is 1.95 bits per heavy atom. The van der Waals surface area contributed by atoms with Gasteiger partial charge in [0, 0.05) is 30.1 Å². The number of hydrogen-bond acceptors (Lipinski definition) is 2. The lowest BCUT2D eigenvalue weighted by atomic mass is 9.73. The second-order valence-corrected chi connectivity index (χ2v) is 6.55. The SMILES string of the molecule is C1=C(C2c3ccccc3Oc3ccccc32)C2CCN1CC2. The summed E-state index contributed by atoms with van der Waals surface area (Å²) in [5.74, 6) is 3.12. The van der Waals surface area contributed by atoms with E-state index >= 15 is 0 Å². The predicted octanol–water partition coefficient (Wildman–Crippen LogP) is 4.53. The van der Waals surface area contributed by atoms with Crippen LogP contribution in [0.2, 0.25) is 0 Å². The van der Waals surface area contributed by atoms with Gasteiger partial charge in [0.2, 0.25) is 0 Å². The molecule has 2 aromatic rings. The van der Waals surface area contributed by atoms with Crippen LogP contribution in [0.15, 0.2) is 60.3 Å². The number of allylic oxidation sites excluding steroid dienone is 1. The molecule has 4 aliphatic rings. The zero-order chi connectivity index (χ0) is 14.5. The zero-order valence-electron chi connectivity index (χ0n) is 12.5. The minimum absolute atomic E-state index is 0.356. The second-order valence-electron chi connectivity index (χ2n) is 6.55. The third-order valence-electron chi connectivity index (χ3n) is 5.35. The molecule has 0 radical (unpaired) electrons. The minimum atomic E-state index is 0.356. The van der Waals surface area contributed by atoms with Crippen molar-refractivity contribution in [3.63, 3.8) is 0 Å². The first kappa shape index (κ1) is 12.3. The third kappa shape index (κ3) is 1.73. The zero-order valence-corrected chi connectivity index (χ0v) is 12.5. The van der Waals surface area contributed by atoms with Crippen LogP contribution in [0.1, 0.15) is 29.9 Å². The Balaban J connectivity index is 1.72. The first-order chi connectivity index (χ1) is 10.9. The molecular weight excluding hydrogens is 270 g/mol. The first-order valence-electron chi connectivity index (χ1n) is 8.21. The lowest BCUT2D eigenvalue weighted by Gasteiger charge is -2.43. The Labute approximate surface area is 131 Å². The van der Waals surface area contributed by atoms with Crippen molar-refractivity contribution >= 4 is 0 Å². The fourth-order valence-electron chi connectivity index (χ4n) is 4.26. The Bertz CT molecular complexity index is 710. The average Bonchev–Trinajstić information content (AvgIpc) is 2.60. The van der Waals surface area contributed by atoms with E-state index in [2.05, 4.69) is 59.6 Å². The number of ether oxygens (including phenoxy) is 1. The molecule has 0 spiro atoms. The van der Waals surface area contributed by atoms with E-state index in [0.29, 0.717) is 5.92 Å². The Kier molecular flexibility index (Phi) is 2.60. The van der Waals surface area contributed by atoms with E-state index in [0.717, 1.165) is 17.4 Å². The standard InChI is InChI=1S/C20H19NO/c1-3-7-18-15(5-1)20(16-6-2-4-8-19(16)22-18)17-13-21-11-9-14(17)10-12-21/h1-8,13-14,20H,9-12H2. The molecule has 4 heterocycles. The van der Waals surface area contributed by atoms with Gasteiger partial charge in [0.1, 0.15) is 11.5 Å². The van der Waals surface area contributed by atoms with Crippen molar-refractivity contribution in [2.45, 2.75) is 18.8 Å². The Morgan fingerprint density at radius 2 is 1.41 bits per heavy atom. The summed E-state index contributed by atoms with van der Waals surface area (Å²) in [6.07, 6.45) is 5.03. The largest absolute Gasteiger partial charge is 0.457 e. The summed E-state index contributed by atoms with van der Waals surface area (Å²) in [6.45, 7) is 2.45. The van der Waals surface area contributed by atoms with Gasteiger partial charge in [-0.25, -0.2) is 0 Å². The lowest BCUT2D eigenvalue weighted by Crippen LogP contribution is -2.38. The highest BCUT2D eigenvalue weighted by atomic mass is 16.5. The summed E-state index contributed by atoms with van der Waals surface area (Å²) in [4.78, 5) is 2.50. The number of hydrogen-bond donors (Lipinski definition) is 0.